The Kier molecular flexibility index (Phi) is 7.38. The molecule has 0 aromatic heterocycles. The van der Waals surface area contributed by atoms with Crippen LogP contribution in [-0.2, 0) is 17.6 Å². The molecule has 0 radical (unpaired) electrons. The molecule has 0 spiro atoms. The zero-order valence-corrected chi connectivity index (χ0v) is 17.5. The Hall–Kier alpha value is -1.83. The number of amides is 2. The molecular weight excluding hydrogens is 392 g/mol. The van der Waals surface area contributed by atoms with Gasteiger partial charge in [-0.1, -0.05) is 6.07 Å². The summed E-state index contributed by atoms with van der Waals surface area (Å²) in [5.74, 6) is -0.294. The zero-order valence-electron chi connectivity index (χ0n) is 16.7. The molecule has 8 heteroatoms. The van der Waals surface area contributed by atoms with Gasteiger partial charge in [-0.05, 0) is 81.0 Å². The van der Waals surface area contributed by atoms with Crippen LogP contribution >= 0.6 is 12.4 Å². The SMILES string of the molecule is Cl.O=C(O)CCN1CCC(C2CNC(=O)N2c2ccc3c(c2)CCNCC3)CC1. The van der Waals surface area contributed by atoms with Crippen LogP contribution in [0.2, 0.25) is 0 Å². The van der Waals surface area contributed by atoms with E-state index in [9.17, 15) is 9.59 Å². The third kappa shape index (κ3) is 5.02. The van der Waals surface area contributed by atoms with Crippen molar-refractivity contribution in [3.63, 3.8) is 0 Å². The highest BCUT2D eigenvalue weighted by molar-refractivity contribution is 5.95. The number of anilines is 1. The van der Waals surface area contributed by atoms with Gasteiger partial charge in [0.1, 0.15) is 0 Å². The lowest BCUT2D eigenvalue weighted by atomic mass is 9.88. The first-order valence-electron chi connectivity index (χ1n) is 10.5. The van der Waals surface area contributed by atoms with Gasteiger partial charge in [0.05, 0.1) is 12.5 Å². The van der Waals surface area contributed by atoms with Crippen molar-refractivity contribution in [3.8, 4) is 0 Å². The second-order valence-corrected chi connectivity index (χ2v) is 8.15. The van der Waals surface area contributed by atoms with E-state index in [1.807, 2.05) is 4.90 Å². The summed E-state index contributed by atoms with van der Waals surface area (Å²) in [7, 11) is 0. The topological polar surface area (TPSA) is 84.9 Å². The van der Waals surface area contributed by atoms with Gasteiger partial charge in [0.15, 0.2) is 0 Å². The summed E-state index contributed by atoms with van der Waals surface area (Å²) in [6, 6.07) is 6.68. The summed E-state index contributed by atoms with van der Waals surface area (Å²) < 4.78 is 0. The number of benzene rings is 1. The predicted octanol–water partition coefficient (Wildman–Crippen LogP) is 1.88. The van der Waals surface area contributed by atoms with Crippen LogP contribution in [0.5, 0.6) is 0 Å². The van der Waals surface area contributed by atoms with E-state index in [0.29, 0.717) is 19.0 Å². The van der Waals surface area contributed by atoms with Crippen molar-refractivity contribution in [2.45, 2.75) is 38.1 Å². The number of carbonyl (C=O) groups is 2. The van der Waals surface area contributed by atoms with E-state index in [1.165, 1.54) is 11.1 Å². The number of fused-ring (bicyclic) bond motifs is 1. The molecule has 4 rings (SSSR count). The van der Waals surface area contributed by atoms with Gasteiger partial charge in [0.25, 0.3) is 0 Å². The number of carboxylic acids is 1. The molecule has 0 saturated carbocycles. The second kappa shape index (κ2) is 9.78. The fourth-order valence-electron chi connectivity index (χ4n) is 4.83. The van der Waals surface area contributed by atoms with Gasteiger partial charge in [-0.15, -0.1) is 12.4 Å². The lowest BCUT2D eigenvalue weighted by Gasteiger charge is -2.37. The van der Waals surface area contributed by atoms with E-state index in [2.05, 4.69) is 33.7 Å². The molecule has 3 N–H and O–H groups in total. The lowest BCUT2D eigenvalue weighted by molar-refractivity contribution is -0.137. The molecule has 2 saturated heterocycles. The van der Waals surface area contributed by atoms with Crippen LogP contribution in [0.3, 0.4) is 0 Å². The smallest absolute Gasteiger partial charge is 0.322 e. The van der Waals surface area contributed by atoms with Crippen LogP contribution in [0, 0.1) is 5.92 Å². The van der Waals surface area contributed by atoms with E-state index in [-0.39, 0.29) is 30.9 Å². The van der Waals surface area contributed by atoms with Crippen LogP contribution < -0.4 is 15.5 Å². The Morgan fingerprint density at radius 3 is 2.59 bits per heavy atom. The summed E-state index contributed by atoms with van der Waals surface area (Å²) in [6.07, 6.45) is 4.25. The molecule has 1 aromatic carbocycles. The zero-order chi connectivity index (χ0) is 19.5. The maximum Gasteiger partial charge on any atom is 0.322 e. The number of piperidine rings is 1. The number of hydrogen-bond acceptors (Lipinski definition) is 4. The molecule has 3 aliphatic rings. The molecule has 7 nitrogen and oxygen atoms in total. The molecule has 3 heterocycles. The molecule has 1 aromatic rings. The summed E-state index contributed by atoms with van der Waals surface area (Å²) in [5, 5.41) is 15.4. The average Bonchev–Trinajstić information content (AvgIpc) is 2.93. The number of nitrogens with zero attached hydrogens (tertiary/aromatic N) is 2. The molecule has 0 bridgehead atoms. The first-order chi connectivity index (χ1) is 13.6. The molecule has 1 atom stereocenters. The van der Waals surface area contributed by atoms with Crippen molar-refractivity contribution < 1.29 is 14.7 Å². The highest BCUT2D eigenvalue weighted by Gasteiger charge is 2.38. The third-order valence-electron chi connectivity index (χ3n) is 6.44. The van der Waals surface area contributed by atoms with Crippen LogP contribution in [0.25, 0.3) is 0 Å². The first kappa shape index (κ1) is 21.9. The minimum Gasteiger partial charge on any atom is -0.481 e. The maximum absolute atomic E-state index is 12.6. The molecule has 3 aliphatic heterocycles. The molecule has 29 heavy (non-hydrogen) atoms. The number of carbonyl (C=O) groups excluding carboxylic acids is 1. The Labute approximate surface area is 178 Å². The van der Waals surface area contributed by atoms with Gasteiger partial charge in [-0.2, -0.15) is 0 Å². The van der Waals surface area contributed by atoms with Crippen LogP contribution in [-0.4, -0.2) is 67.3 Å². The molecule has 0 aliphatic carbocycles. The van der Waals surface area contributed by atoms with Gasteiger partial charge in [-0.3, -0.25) is 9.69 Å². The van der Waals surface area contributed by atoms with E-state index in [0.717, 1.165) is 57.5 Å². The molecule has 160 valence electrons. The number of nitrogens with one attached hydrogen (secondary N) is 2. The Balaban J connectivity index is 0.00000240. The maximum atomic E-state index is 12.6. The highest BCUT2D eigenvalue weighted by atomic mass is 35.5. The van der Waals surface area contributed by atoms with Crippen molar-refractivity contribution in [2.24, 2.45) is 5.92 Å². The fraction of sp³-hybridized carbons (Fsp3) is 0.619. The van der Waals surface area contributed by atoms with E-state index >= 15 is 0 Å². The number of urea groups is 1. The number of halogens is 1. The van der Waals surface area contributed by atoms with Gasteiger partial charge in [-0.25, -0.2) is 4.79 Å². The molecular formula is C21H31ClN4O3. The standard InChI is InChI=1S/C21H30N4O3.ClH/c26-20(27)7-12-24-10-5-16(6-11-24)19-14-23-21(28)25(19)18-2-1-15-3-8-22-9-4-17(15)13-18;/h1-2,13,16,19,22H,3-12,14H2,(H,23,28)(H,26,27);1H. The quantitative estimate of drug-likeness (QED) is 0.674. The van der Waals surface area contributed by atoms with Gasteiger partial charge in [0, 0.05) is 18.8 Å². The van der Waals surface area contributed by atoms with Crippen LogP contribution in [0.1, 0.15) is 30.4 Å². The highest BCUT2D eigenvalue weighted by Crippen LogP contribution is 2.32. The summed E-state index contributed by atoms with van der Waals surface area (Å²) in [4.78, 5) is 27.6. The van der Waals surface area contributed by atoms with Gasteiger partial charge >= 0.3 is 12.0 Å². The summed E-state index contributed by atoms with van der Waals surface area (Å²) in [5.41, 5.74) is 3.75. The molecule has 2 fully saturated rings. The average molecular weight is 423 g/mol. The number of rotatable bonds is 5. The lowest BCUT2D eigenvalue weighted by Crippen LogP contribution is -2.45. The van der Waals surface area contributed by atoms with Gasteiger partial charge < -0.3 is 20.6 Å². The minimum atomic E-state index is -0.739. The minimum absolute atomic E-state index is 0. The third-order valence-corrected chi connectivity index (χ3v) is 6.44. The largest absolute Gasteiger partial charge is 0.481 e. The van der Waals surface area contributed by atoms with Crippen molar-refractivity contribution >= 4 is 30.1 Å². The van der Waals surface area contributed by atoms with E-state index in [4.69, 9.17) is 5.11 Å². The normalized spacial score (nSPS) is 23.1. The number of likely N-dealkylation sites (tertiary alicyclic amines) is 1. The number of hydrogen-bond donors (Lipinski definition) is 3. The number of carboxylic acid groups (broad SMARTS) is 1. The van der Waals surface area contributed by atoms with E-state index in [1.54, 1.807) is 0 Å². The van der Waals surface area contributed by atoms with Crippen molar-refractivity contribution in [1.29, 1.82) is 0 Å². The molecule has 1 unspecified atom stereocenters. The first-order valence-corrected chi connectivity index (χ1v) is 10.5. The van der Waals surface area contributed by atoms with Crippen molar-refractivity contribution in [1.82, 2.24) is 15.5 Å². The Morgan fingerprint density at radius 1 is 1.14 bits per heavy atom. The Morgan fingerprint density at radius 2 is 1.86 bits per heavy atom. The van der Waals surface area contributed by atoms with Crippen LogP contribution in [0.4, 0.5) is 10.5 Å². The summed E-state index contributed by atoms with van der Waals surface area (Å²) in [6.45, 7) is 5.13. The fourth-order valence-corrected chi connectivity index (χ4v) is 4.83. The number of aliphatic carboxylic acids is 1. The van der Waals surface area contributed by atoms with Crippen molar-refractivity contribution in [2.75, 3.05) is 44.2 Å². The second-order valence-electron chi connectivity index (χ2n) is 8.15. The summed E-state index contributed by atoms with van der Waals surface area (Å²) >= 11 is 0. The molecule has 2 amide bonds. The predicted molar refractivity (Wildman–Crippen MR) is 115 cm³/mol. The van der Waals surface area contributed by atoms with Crippen molar-refractivity contribution in [3.05, 3.63) is 29.3 Å². The van der Waals surface area contributed by atoms with Crippen LogP contribution in [0.15, 0.2) is 18.2 Å². The van der Waals surface area contributed by atoms with E-state index < -0.39 is 5.97 Å². The Bertz CT molecular complexity index is 737. The monoisotopic (exact) mass is 422 g/mol. The van der Waals surface area contributed by atoms with Gasteiger partial charge in [0.2, 0.25) is 0 Å².